The van der Waals surface area contributed by atoms with Gasteiger partial charge in [-0.25, -0.2) is 4.79 Å². The Morgan fingerprint density at radius 3 is 2.32 bits per heavy atom. The summed E-state index contributed by atoms with van der Waals surface area (Å²) in [6.45, 7) is 3.98. The molecule has 0 spiro atoms. The average Bonchev–Trinajstić information content (AvgIpc) is 2.37. The molecule has 0 fully saturated rings. The summed E-state index contributed by atoms with van der Waals surface area (Å²) in [6, 6.07) is 6.35. The highest BCUT2D eigenvalue weighted by molar-refractivity contribution is 9.10. The summed E-state index contributed by atoms with van der Waals surface area (Å²) >= 11 is 3.31. The van der Waals surface area contributed by atoms with Gasteiger partial charge in [-0.1, -0.05) is 29.8 Å². The van der Waals surface area contributed by atoms with Crippen LogP contribution in [-0.2, 0) is 9.53 Å². The van der Waals surface area contributed by atoms with Gasteiger partial charge in [-0.05, 0) is 36.6 Å². The van der Waals surface area contributed by atoms with E-state index in [9.17, 15) is 9.59 Å². The van der Waals surface area contributed by atoms with E-state index >= 15 is 0 Å². The summed E-state index contributed by atoms with van der Waals surface area (Å²) in [5.74, 6) is -0.406. The first kappa shape index (κ1) is 15.7. The van der Waals surface area contributed by atoms with Crippen molar-refractivity contribution < 1.29 is 14.3 Å². The van der Waals surface area contributed by atoms with E-state index in [1.54, 1.807) is 24.3 Å². The molecular weight excluding hydrogens is 310 g/mol. The van der Waals surface area contributed by atoms with Gasteiger partial charge in [-0.2, -0.15) is 0 Å². The Labute approximate surface area is 121 Å². The molecule has 0 aromatic heterocycles. The molecule has 1 aromatic rings. The summed E-state index contributed by atoms with van der Waals surface area (Å²) in [6.07, 6.45) is 0.551. The summed E-state index contributed by atoms with van der Waals surface area (Å²) in [7, 11) is 1.32. The Hall–Kier alpha value is -1.36. The highest BCUT2D eigenvalue weighted by Crippen LogP contribution is 2.12. The number of amides is 1. The van der Waals surface area contributed by atoms with Gasteiger partial charge in [0.05, 0.1) is 7.11 Å². The maximum atomic E-state index is 12.0. The number of carbonyl (C=O) groups excluding carboxylic acids is 2. The number of rotatable bonds is 5. The minimum absolute atomic E-state index is 0.274. The van der Waals surface area contributed by atoms with Crippen LogP contribution in [0.4, 0.5) is 0 Å². The Bertz CT molecular complexity index is 443. The lowest BCUT2D eigenvalue weighted by Crippen LogP contribution is -2.42. The van der Waals surface area contributed by atoms with E-state index in [1.807, 2.05) is 13.8 Å². The van der Waals surface area contributed by atoms with Crippen molar-refractivity contribution in [3.05, 3.63) is 34.3 Å². The van der Waals surface area contributed by atoms with Gasteiger partial charge in [-0.15, -0.1) is 0 Å². The zero-order valence-electron chi connectivity index (χ0n) is 11.3. The van der Waals surface area contributed by atoms with Crippen LogP contribution < -0.4 is 5.32 Å². The van der Waals surface area contributed by atoms with Gasteiger partial charge in [0, 0.05) is 10.0 Å². The van der Waals surface area contributed by atoms with Crippen LogP contribution in [0.3, 0.4) is 0 Å². The first-order valence-corrected chi connectivity index (χ1v) is 6.87. The number of nitrogens with one attached hydrogen (secondary N) is 1. The number of benzene rings is 1. The summed E-state index contributed by atoms with van der Waals surface area (Å²) in [5, 5.41) is 2.71. The molecule has 104 valence electrons. The van der Waals surface area contributed by atoms with Gasteiger partial charge in [-0.3, -0.25) is 4.79 Å². The number of hydrogen-bond donors (Lipinski definition) is 1. The molecule has 0 saturated carbocycles. The molecule has 1 N–H and O–H groups in total. The quantitative estimate of drug-likeness (QED) is 0.846. The van der Waals surface area contributed by atoms with E-state index in [1.165, 1.54) is 7.11 Å². The Morgan fingerprint density at radius 2 is 1.84 bits per heavy atom. The van der Waals surface area contributed by atoms with Crippen molar-refractivity contribution in [2.24, 2.45) is 5.92 Å². The van der Waals surface area contributed by atoms with Gasteiger partial charge in [0.15, 0.2) is 0 Å². The first-order valence-electron chi connectivity index (χ1n) is 6.08. The van der Waals surface area contributed by atoms with Crippen molar-refractivity contribution in [1.82, 2.24) is 5.32 Å². The first-order chi connectivity index (χ1) is 8.93. The second-order valence-electron chi connectivity index (χ2n) is 4.69. The van der Waals surface area contributed by atoms with Gasteiger partial charge in [0.1, 0.15) is 6.04 Å². The molecule has 1 amide bonds. The van der Waals surface area contributed by atoms with Crippen molar-refractivity contribution in [2.45, 2.75) is 26.3 Å². The summed E-state index contributed by atoms with van der Waals surface area (Å²) in [5.41, 5.74) is 0.515. The fraction of sp³-hybridized carbons (Fsp3) is 0.429. The molecule has 1 unspecified atom stereocenters. The normalized spacial score (nSPS) is 12.1. The molecular formula is C14H18BrNO3. The van der Waals surface area contributed by atoms with Crippen molar-refractivity contribution >= 4 is 27.8 Å². The SMILES string of the molecule is COC(=O)C(CC(C)C)NC(=O)c1ccc(Br)cc1. The van der Waals surface area contributed by atoms with Crippen molar-refractivity contribution in [1.29, 1.82) is 0 Å². The molecule has 0 aliphatic heterocycles. The van der Waals surface area contributed by atoms with Crippen molar-refractivity contribution in [3.63, 3.8) is 0 Å². The number of ether oxygens (including phenoxy) is 1. The van der Waals surface area contributed by atoms with E-state index in [4.69, 9.17) is 4.74 Å². The topological polar surface area (TPSA) is 55.4 Å². The number of carbonyl (C=O) groups is 2. The third kappa shape index (κ3) is 5.03. The van der Waals surface area contributed by atoms with Gasteiger partial charge in [0.25, 0.3) is 5.91 Å². The Balaban J connectivity index is 2.75. The molecule has 5 heteroatoms. The third-order valence-electron chi connectivity index (χ3n) is 2.60. The molecule has 0 bridgehead atoms. The van der Waals surface area contributed by atoms with Gasteiger partial charge >= 0.3 is 5.97 Å². The molecule has 1 rings (SSSR count). The molecule has 0 aliphatic rings. The maximum absolute atomic E-state index is 12.0. The van der Waals surface area contributed by atoms with Crippen LogP contribution in [0.2, 0.25) is 0 Å². The van der Waals surface area contributed by atoms with Gasteiger partial charge in [0.2, 0.25) is 0 Å². The highest BCUT2D eigenvalue weighted by Gasteiger charge is 2.22. The standard InChI is InChI=1S/C14H18BrNO3/c1-9(2)8-12(14(18)19-3)16-13(17)10-4-6-11(15)7-5-10/h4-7,9,12H,8H2,1-3H3,(H,16,17). The molecule has 1 aromatic carbocycles. The smallest absolute Gasteiger partial charge is 0.328 e. The number of esters is 1. The minimum Gasteiger partial charge on any atom is -0.467 e. The average molecular weight is 328 g/mol. The van der Waals surface area contributed by atoms with E-state index in [2.05, 4.69) is 21.2 Å². The van der Waals surface area contributed by atoms with Crippen LogP contribution in [0.5, 0.6) is 0 Å². The minimum atomic E-state index is -0.610. The van der Waals surface area contributed by atoms with Crippen molar-refractivity contribution in [3.8, 4) is 0 Å². The monoisotopic (exact) mass is 327 g/mol. The predicted molar refractivity (Wildman–Crippen MR) is 76.9 cm³/mol. The van der Waals surface area contributed by atoms with E-state index in [-0.39, 0.29) is 11.8 Å². The van der Waals surface area contributed by atoms with E-state index < -0.39 is 12.0 Å². The van der Waals surface area contributed by atoms with Crippen LogP contribution in [-0.4, -0.2) is 25.0 Å². The molecule has 1 atom stereocenters. The number of hydrogen-bond acceptors (Lipinski definition) is 3. The zero-order valence-corrected chi connectivity index (χ0v) is 12.9. The Morgan fingerprint density at radius 1 is 1.26 bits per heavy atom. The Kier molecular flexibility index (Phi) is 6.02. The fourth-order valence-corrected chi connectivity index (χ4v) is 1.93. The van der Waals surface area contributed by atoms with Crippen LogP contribution in [0, 0.1) is 5.92 Å². The molecule has 0 saturated heterocycles. The molecule has 4 nitrogen and oxygen atoms in total. The van der Waals surface area contributed by atoms with Crippen LogP contribution in [0.15, 0.2) is 28.7 Å². The summed E-state index contributed by atoms with van der Waals surface area (Å²) < 4.78 is 5.61. The van der Waals surface area contributed by atoms with Crippen LogP contribution in [0.1, 0.15) is 30.6 Å². The lowest BCUT2D eigenvalue weighted by molar-refractivity contribution is -0.143. The number of methoxy groups -OCH3 is 1. The molecule has 19 heavy (non-hydrogen) atoms. The van der Waals surface area contributed by atoms with E-state index in [0.29, 0.717) is 12.0 Å². The molecule has 0 radical (unpaired) electrons. The zero-order chi connectivity index (χ0) is 14.4. The predicted octanol–water partition coefficient (Wildman–Crippen LogP) is 2.77. The lowest BCUT2D eigenvalue weighted by atomic mass is 10.0. The largest absolute Gasteiger partial charge is 0.467 e. The second-order valence-corrected chi connectivity index (χ2v) is 5.60. The van der Waals surface area contributed by atoms with Crippen LogP contribution in [0.25, 0.3) is 0 Å². The van der Waals surface area contributed by atoms with E-state index in [0.717, 1.165) is 4.47 Å². The highest BCUT2D eigenvalue weighted by atomic mass is 79.9. The fourth-order valence-electron chi connectivity index (χ4n) is 1.67. The second kappa shape index (κ2) is 7.28. The lowest BCUT2D eigenvalue weighted by Gasteiger charge is -2.18. The summed E-state index contributed by atoms with van der Waals surface area (Å²) in [4.78, 5) is 23.7. The molecule has 0 aliphatic carbocycles. The van der Waals surface area contributed by atoms with Crippen LogP contribution >= 0.6 is 15.9 Å². The third-order valence-corrected chi connectivity index (χ3v) is 3.13. The number of halogens is 1. The van der Waals surface area contributed by atoms with Crippen molar-refractivity contribution in [2.75, 3.05) is 7.11 Å². The molecule has 0 heterocycles. The maximum Gasteiger partial charge on any atom is 0.328 e. The van der Waals surface area contributed by atoms with Gasteiger partial charge < -0.3 is 10.1 Å².